The van der Waals surface area contributed by atoms with Gasteiger partial charge < -0.3 is 4.74 Å². The molecule has 2 heterocycles. The number of halogens is 4. The Morgan fingerprint density at radius 2 is 1.57 bits per heavy atom. The minimum absolute atomic E-state index is 0.272. The number of unbranched alkanes of at least 4 members (excludes halogenated alkanes) is 4. The van der Waals surface area contributed by atoms with Crippen LogP contribution >= 0.6 is 0 Å². The van der Waals surface area contributed by atoms with Crippen LogP contribution in [0.5, 0.6) is 5.75 Å². The van der Waals surface area contributed by atoms with E-state index in [-0.39, 0.29) is 5.92 Å². The fourth-order valence-corrected chi connectivity index (χ4v) is 11.1. The summed E-state index contributed by atoms with van der Waals surface area (Å²) in [6.07, 6.45) is 8.31. The number of hydrogen-bond donors (Lipinski definition) is 0. The average Bonchev–Trinajstić information content (AvgIpc) is 2.71. The van der Waals surface area contributed by atoms with Crippen LogP contribution in [0.4, 0.5) is 17.6 Å². The lowest BCUT2D eigenvalue weighted by Crippen LogP contribution is -2.41. The minimum atomic E-state index is -4.86. The lowest BCUT2D eigenvalue weighted by Gasteiger charge is -2.43. The molecular formula is C24H36F4OSi. The summed E-state index contributed by atoms with van der Waals surface area (Å²) < 4.78 is 54.9. The van der Waals surface area contributed by atoms with E-state index < -0.39 is 26.0 Å². The summed E-state index contributed by atoms with van der Waals surface area (Å²) in [6.45, 7) is 2.26. The van der Waals surface area contributed by atoms with E-state index >= 15 is 0 Å². The van der Waals surface area contributed by atoms with E-state index in [0.717, 1.165) is 30.4 Å². The fourth-order valence-electron chi connectivity index (χ4n) is 5.66. The number of alkyl halides is 3. The van der Waals surface area contributed by atoms with E-state index in [1.165, 1.54) is 81.6 Å². The van der Waals surface area contributed by atoms with Crippen molar-refractivity contribution in [2.24, 2.45) is 5.92 Å². The van der Waals surface area contributed by atoms with Crippen LogP contribution in [-0.4, -0.2) is 14.4 Å². The van der Waals surface area contributed by atoms with E-state index in [4.69, 9.17) is 0 Å². The van der Waals surface area contributed by atoms with Gasteiger partial charge in [-0.2, -0.15) is 0 Å². The average molecular weight is 445 g/mol. The van der Waals surface area contributed by atoms with E-state index in [0.29, 0.717) is 0 Å². The maximum Gasteiger partial charge on any atom is 0.573 e. The molecule has 0 bridgehead atoms. The fraction of sp³-hybridized carbons (Fsp3) is 0.750. The topological polar surface area (TPSA) is 9.23 Å². The Morgan fingerprint density at radius 3 is 2.17 bits per heavy atom. The molecule has 1 spiro atoms. The molecule has 1 nitrogen and oxygen atoms in total. The van der Waals surface area contributed by atoms with Gasteiger partial charge in [-0.1, -0.05) is 88.5 Å². The van der Waals surface area contributed by atoms with Crippen LogP contribution in [0, 0.1) is 11.7 Å². The molecule has 2 saturated heterocycles. The molecule has 3 rings (SSSR count). The van der Waals surface area contributed by atoms with Crippen LogP contribution in [0.2, 0.25) is 24.2 Å². The van der Waals surface area contributed by atoms with Crippen molar-refractivity contribution < 1.29 is 22.3 Å². The van der Waals surface area contributed by atoms with Gasteiger partial charge in [-0.25, -0.2) is 4.39 Å². The van der Waals surface area contributed by atoms with Gasteiger partial charge in [-0.3, -0.25) is 0 Å². The van der Waals surface area contributed by atoms with Crippen molar-refractivity contribution in [3.8, 4) is 5.75 Å². The van der Waals surface area contributed by atoms with Crippen molar-refractivity contribution in [2.45, 2.75) is 108 Å². The molecule has 30 heavy (non-hydrogen) atoms. The molecule has 6 heteroatoms. The van der Waals surface area contributed by atoms with Crippen molar-refractivity contribution in [1.82, 2.24) is 0 Å². The predicted molar refractivity (Wildman–Crippen MR) is 116 cm³/mol. The normalized spacial score (nSPS) is 27.4. The maximum atomic E-state index is 14.1. The highest BCUT2D eigenvalue weighted by Gasteiger charge is 2.40. The Bertz CT molecular complexity index is 658. The summed E-state index contributed by atoms with van der Waals surface area (Å²) in [5.74, 6) is -0.450. The summed E-state index contributed by atoms with van der Waals surface area (Å²) in [6, 6.07) is 9.49. The monoisotopic (exact) mass is 444 g/mol. The molecule has 1 aromatic rings. The van der Waals surface area contributed by atoms with Gasteiger partial charge in [0.1, 0.15) is 0 Å². The molecule has 0 unspecified atom stereocenters. The molecular weight excluding hydrogens is 408 g/mol. The molecule has 0 radical (unpaired) electrons. The van der Waals surface area contributed by atoms with E-state index in [1.807, 2.05) is 0 Å². The highest BCUT2D eigenvalue weighted by Crippen LogP contribution is 2.47. The molecule has 0 amide bonds. The second kappa shape index (κ2) is 10.5. The van der Waals surface area contributed by atoms with Crippen LogP contribution in [0.15, 0.2) is 18.2 Å². The molecule has 0 aliphatic carbocycles. The van der Waals surface area contributed by atoms with E-state index in [1.54, 1.807) is 6.07 Å². The number of ether oxygens (including phenoxy) is 1. The molecule has 2 aliphatic rings. The van der Waals surface area contributed by atoms with Crippen molar-refractivity contribution in [1.29, 1.82) is 0 Å². The van der Waals surface area contributed by atoms with Crippen molar-refractivity contribution in [3.63, 3.8) is 0 Å². The van der Waals surface area contributed by atoms with Crippen LogP contribution < -0.4 is 4.74 Å². The van der Waals surface area contributed by atoms with Gasteiger partial charge in [0.25, 0.3) is 0 Å². The van der Waals surface area contributed by atoms with Gasteiger partial charge in [-0.05, 0) is 42.4 Å². The van der Waals surface area contributed by atoms with Gasteiger partial charge in [0.2, 0.25) is 0 Å². The zero-order valence-electron chi connectivity index (χ0n) is 18.2. The van der Waals surface area contributed by atoms with Crippen molar-refractivity contribution >= 4 is 8.07 Å². The van der Waals surface area contributed by atoms with Crippen LogP contribution in [0.3, 0.4) is 0 Å². The minimum Gasteiger partial charge on any atom is -0.403 e. The number of rotatable bonds is 8. The highest BCUT2D eigenvalue weighted by molar-refractivity contribution is 6.80. The third kappa shape index (κ3) is 6.73. The van der Waals surface area contributed by atoms with Crippen molar-refractivity contribution in [2.75, 3.05) is 0 Å². The first kappa shape index (κ1) is 23.6. The van der Waals surface area contributed by atoms with Gasteiger partial charge in [0, 0.05) is 0 Å². The van der Waals surface area contributed by atoms with E-state index in [9.17, 15) is 17.6 Å². The SMILES string of the molecule is CCCCCCCC1CC[Si]2(CC1)CCC(c1ccc(OC(F)(F)F)c(F)c1)CC2. The molecule has 0 aromatic heterocycles. The zero-order chi connectivity index (χ0) is 21.6. The largest absolute Gasteiger partial charge is 0.573 e. The van der Waals surface area contributed by atoms with Gasteiger partial charge in [-0.15, -0.1) is 13.2 Å². The second-order valence-corrected chi connectivity index (χ2v) is 14.7. The zero-order valence-corrected chi connectivity index (χ0v) is 19.2. The van der Waals surface area contributed by atoms with Gasteiger partial charge in [0.15, 0.2) is 11.6 Å². The standard InChI is InChI=1S/C24H36F4OSi/c1-2-3-4-5-6-7-19-10-14-30(15-11-19)16-12-20(13-17-30)21-8-9-23(22(25)18-21)29-24(26,27)28/h8-9,18-20H,2-7,10-17H2,1H3. The predicted octanol–water partition coefficient (Wildman–Crippen LogP) is 8.82. The van der Waals surface area contributed by atoms with Crippen molar-refractivity contribution in [3.05, 3.63) is 29.6 Å². The quantitative estimate of drug-likeness (QED) is 0.221. The Hall–Kier alpha value is -1.04. The Balaban J connectivity index is 1.44. The lowest BCUT2D eigenvalue weighted by molar-refractivity contribution is -0.275. The van der Waals surface area contributed by atoms with Crippen LogP contribution in [-0.2, 0) is 0 Å². The summed E-state index contributed by atoms with van der Waals surface area (Å²) in [5, 5.41) is 0. The van der Waals surface area contributed by atoms with Crippen LogP contribution in [0.25, 0.3) is 0 Å². The summed E-state index contributed by atoms with van der Waals surface area (Å²) in [7, 11) is -1.17. The molecule has 0 atom stereocenters. The lowest BCUT2D eigenvalue weighted by atomic mass is 9.93. The summed E-state index contributed by atoms with van der Waals surface area (Å²) in [5.41, 5.74) is 0.826. The van der Waals surface area contributed by atoms with Gasteiger partial charge >= 0.3 is 6.36 Å². The summed E-state index contributed by atoms with van der Waals surface area (Å²) in [4.78, 5) is 0. The Morgan fingerprint density at radius 1 is 0.933 bits per heavy atom. The molecule has 0 saturated carbocycles. The highest BCUT2D eigenvalue weighted by atomic mass is 28.3. The first-order valence-electron chi connectivity index (χ1n) is 11.9. The first-order chi connectivity index (χ1) is 14.3. The third-order valence-corrected chi connectivity index (χ3v) is 13.0. The number of benzene rings is 1. The third-order valence-electron chi connectivity index (χ3n) is 7.58. The Kier molecular flexibility index (Phi) is 8.28. The Labute approximate surface area is 179 Å². The maximum absolute atomic E-state index is 14.1. The summed E-state index contributed by atoms with van der Waals surface area (Å²) >= 11 is 0. The molecule has 1 aromatic carbocycles. The molecule has 2 aliphatic heterocycles. The second-order valence-electron chi connectivity index (χ2n) is 9.66. The smallest absolute Gasteiger partial charge is 0.403 e. The molecule has 0 N–H and O–H groups in total. The van der Waals surface area contributed by atoms with Gasteiger partial charge in [0.05, 0.1) is 8.07 Å². The first-order valence-corrected chi connectivity index (χ1v) is 14.7. The van der Waals surface area contributed by atoms with Crippen LogP contribution in [0.1, 0.15) is 82.6 Å². The number of hydrogen-bond acceptors (Lipinski definition) is 1. The molecule has 170 valence electrons. The molecule has 2 fully saturated rings. The van der Waals surface area contributed by atoms with E-state index in [2.05, 4.69) is 11.7 Å².